The first-order chi connectivity index (χ1) is 18.5. The monoisotopic (exact) mass is 538 g/mol. The van der Waals surface area contributed by atoms with Crippen molar-refractivity contribution >= 4 is 17.6 Å². The van der Waals surface area contributed by atoms with E-state index in [1.807, 2.05) is 51.1 Å². The fourth-order valence-corrected chi connectivity index (χ4v) is 3.71. The van der Waals surface area contributed by atoms with Crippen molar-refractivity contribution in [3.8, 4) is 23.0 Å². The number of carbonyl (C=O) groups excluding carboxylic acids is 1. The highest BCUT2D eigenvalue weighted by atomic mass is 16.5. The Bertz CT molecular complexity index is 1250. The number of carbonyl (C=O) groups is 2. The van der Waals surface area contributed by atoms with E-state index in [9.17, 15) is 9.59 Å². The average molecular weight is 539 g/mol. The van der Waals surface area contributed by atoms with Crippen molar-refractivity contribution in [3.05, 3.63) is 53.9 Å². The van der Waals surface area contributed by atoms with Gasteiger partial charge < -0.3 is 29.6 Å². The summed E-state index contributed by atoms with van der Waals surface area (Å²) in [4.78, 5) is 22.9. The van der Waals surface area contributed by atoms with E-state index in [2.05, 4.69) is 34.7 Å². The first-order valence-corrected chi connectivity index (χ1v) is 13.0. The van der Waals surface area contributed by atoms with Crippen LogP contribution in [0.1, 0.15) is 63.7 Å². The summed E-state index contributed by atoms with van der Waals surface area (Å²) in [5.41, 5.74) is 1.75. The lowest BCUT2D eigenvalue weighted by atomic mass is 9.97. The number of hydrogen-bond acceptors (Lipinski definition) is 8. The fraction of sp³-hybridized carbons (Fsp3) is 0.448. The van der Waals surface area contributed by atoms with Gasteiger partial charge in [-0.2, -0.15) is 0 Å². The largest absolute Gasteiger partial charge is 0.496 e. The van der Waals surface area contributed by atoms with Crippen molar-refractivity contribution in [2.24, 2.45) is 5.92 Å². The van der Waals surface area contributed by atoms with Gasteiger partial charge in [-0.1, -0.05) is 41.0 Å². The number of carboxylic acids is 1. The van der Waals surface area contributed by atoms with E-state index in [1.165, 1.54) is 0 Å². The molecule has 3 aromatic rings. The van der Waals surface area contributed by atoms with Crippen LogP contribution < -0.4 is 20.1 Å². The molecule has 3 N–H and O–H groups in total. The number of amides is 1. The lowest BCUT2D eigenvalue weighted by molar-refractivity contribution is -0.136. The highest BCUT2D eigenvalue weighted by Gasteiger charge is 2.23. The number of hydrogen-bond donors (Lipinski definition) is 3. The number of aromatic nitrogens is 2. The summed E-state index contributed by atoms with van der Waals surface area (Å²) in [6.45, 7) is 10.8. The summed E-state index contributed by atoms with van der Waals surface area (Å²) in [5, 5.41) is 23.2. The smallest absolute Gasteiger partial charge is 0.305 e. The zero-order valence-corrected chi connectivity index (χ0v) is 23.4. The number of nitrogens with zero attached hydrogens (tertiary/aromatic N) is 2. The average Bonchev–Trinajstić information content (AvgIpc) is 3.41. The van der Waals surface area contributed by atoms with Crippen LogP contribution in [0.3, 0.4) is 0 Å². The van der Waals surface area contributed by atoms with Gasteiger partial charge >= 0.3 is 5.97 Å². The number of benzene rings is 2. The van der Waals surface area contributed by atoms with Crippen LogP contribution in [0.4, 0.5) is 5.69 Å². The molecule has 0 radical (unpaired) electrons. The van der Waals surface area contributed by atoms with E-state index >= 15 is 0 Å². The summed E-state index contributed by atoms with van der Waals surface area (Å²) in [7, 11) is 1.59. The van der Waals surface area contributed by atoms with Gasteiger partial charge in [0, 0.05) is 29.3 Å². The molecule has 1 heterocycles. The number of methoxy groups -OCH3 is 1. The molecule has 10 heteroatoms. The highest BCUT2D eigenvalue weighted by molar-refractivity contribution is 5.94. The van der Waals surface area contributed by atoms with E-state index < -0.39 is 5.97 Å². The van der Waals surface area contributed by atoms with E-state index in [4.69, 9.17) is 19.0 Å². The molecule has 0 saturated heterocycles. The van der Waals surface area contributed by atoms with Crippen molar-refractivity contribution < 1.29 is 28.6 Å². The number of anilines is 1. The Balaban J connectivity index is 1.66. The molecule has 2 atom stereocenters. The van der Waals surface area contributed by atoms with Gasteiger partial charge in [-0.15, -0.1) is 10.2 Å². The van der Waals surface area contributed by atoms with Gasteiger partial charge in [0.15, 0.2) is 0 Å². The Morgan fingerprint density at radius 2 is 1.82 bits per heavy atom. The van der Waals surface area contributed by atoms with Crippen molar-refractivity contribution in [2.75, 3.05) is 25.6 Å². The van der Waals surface area contributed by atoms with E-state index in [0.717, 1.165) is 12.1 Å². The molecule has 1 amide bonds. The molecule has 3 rings (SSSR count). The first-order valence-electron chi connectivity index (χ1n) is 13.0. The molecule has 0 fully saturated rings. The SMILES string of the molecule is CCC(C)C(COc1ccc(-c2nnc(C(C)(C)C)o2)c(OC)c1)Nc1ccc(C(=O)NCCC(=O)O)cc1. The third-order valence-corrected chi connectivity index (χ3v) is 6.35. The topological polar surface area (TPSA) is 136 Å². The van der Waals surface area contributed by atoms with Crippen LogP contribution in [0, 0.1) is 5.92 Å². The predicted molar refractivity (Wildman–Crippen MR) is 148 cm³/mol. The maximum absolute atomic E-state index is 12.2. The van der Waals surface area contributed by atoms with Crippen LogP contribution in [0.2, 0.25) is 0 Å². The lowest BCUT2D eigenvalue weighted by Crippen LogP contribution is -2.33. The first kappa shape index (κ1) is 29.5. The number of nitrogens with one attached hydrogen (secondary N) is 2. The molecule has 39 heavy (non-hydrogen) atoms. The van der Waals surface area contributed by atoms with Crippen molar-refractivity contribution in [3.63, 3.8) is 0 Å². The second-order valence-corrected chi connectivity index (χ2v) is 10.4. The van der Waals surface area contributed by atoms with Crippen LogP contribution in [-0.4, -0.2) is 53.5 Å². The van der Waals surface area contributed by atoms with E-state index in [-0.39, 0.29) is 30.3 Å². The second kappa shape index (κ2) is 13.1. The summed E-state index contributed by atoms with van der Waals surface area (Å²) in [6, 6.07) is 12.6. The summed E-state index contributed by atoms with van der Waals surface area (Å²) in [6.07, 6.45) is 0.826. The van der Waals surface area contributed by atoms with Crippen LogP contribution in [-0.2, 0) is 10.2 Å². The maximum atomic E-state index is 12.2. The molecule has 210 valence electrons. The molecule has 10 nitrogen and oxygen atoms in total. The van der Waals surface area contributed by atoms with Crippen molar-refractivity contribution in [1.29, 1.82) is 0 Å². The zero-order chi connectivity index (χ0) is 28.6. The number of carboxylic acid groups (broad SMARTS) is 1. The lowest BCUT2D eigenvalue weighted by Gasteiger charge is -2.26. The summed E-state index contributed by atoms with van der Waals surface area (Å²) in [5.74, 6) is 1.20. The zero-order valence-electron chi connectivity index (χ0n) is 23.4. The number of ether oxygens (including phenoxy) is 2. The standard InChI is InChI=1S/C29H38N4O6/c1-7-18(2)23(31-20-10-8-19(9-11-20)26(36)30-15-14-25(34)35)17-38-21-12-13-22(24(16-21)37-6)27-32-33-28(39-27)29(3,4)5/h8-13,16,18,23,31H,7,14-15,17H2,1-6H3,(H,30,36)(H,34,35). The van der Waals surface area contributed by atoms with Gasteiger partial charge in [-0.3, -0.25) is 9.59 Å². The fourth-order valence-electron chi connectivity index (χ4n) is 3.71. The molecular weight excluding hydrogens is 500 g/mol. The Kier molecular flexibility index (Phi) is 9.92. The summed E-state index contributed by atoms with van der Waals surface area (Å²) < 4.78 is 17.6. The van der Waals surface area contributed by atoms with Crippen molar-refractivity contribution in [2.45, 2.75) is 58.9 Å². The minimum atomic E-state index is -0.955. The van der Waals surface area contributed by atoms with Crippen molar-refractivity contribution in [1.82, 2.24) is 15.5 Å². The molecule has 1 aromatic heterocycles. The Labute approximate surface area is 229 Å². The highest BCUT2D eigenvalue weighted by Crippen LogP contribution is 2.34. The Morgan fingerprint density at radius 3 is 2.41 bits per heavy atom. The van der Waals surface area contributed by atoms with E-state index in [1.54, 1.807) is 19.2 Å². The van der Waals surface area contributed by atoms with Gasteiger partial charge in [0.1, 0.15) is 18.1 Å². The molecule has 0 bridgehead atoms. The quantitative estimate of drug-likeness (QED) is 0.270. The Morgan fingerprint density at radius 1 is 1.10 bits per heavy atom. The van der Waals surface area contributed by atoms with Gasteiger partial charge in [-0.25, -0.2) is 0 Å². The van der Waals surface area contributed by atoms with Crippen LogP contribution in [0.5, 0.6) is 11.5 Å². The molecule has 0 aliphatic carbocycles. The molecule has 2 unspecified atom stereocenters. The maximum Gasteiger partial charge on any atom is 0.305 e. The number of rotatable bonds is 13. The van der Waals surface area contributed by atoms with Crippen LogP contribution >= 0.6 is 0 Å². The molecule has 0 saturated carbocycles. The minimum Gasteiger partial charge on any atom is -0.496 e. The second-order valence-electron chi connectivity index (χ2n) is 10.4. The molecular formula is C29H38N4O6. The predicted octanol–water partition coefficient (Wildman–Crippen LogP) is 5.15. The molecule has 0 aliphatic heterocycles. The molecule has 0 spiro atoms. The normalized spacial score (nSPS) is 12.9. The Hall–Kier alpha value is -4.08. The van der Waals surface area contributed by atoms with Crippen LogP contribution in [0.15, 0.2) is 46.9 Å². The van der Waals surface area contributed by atoms with Gasteiger partial charge in [0.05, 0.1) is 25.1 Å². The molecule has 2 aromatic carbocycles. The minimum absolute atomic E-state index is 0.00111. The third-order valence-electron chi connectivity index (χ3n) is 6.35. The van der Waals surface area contributed by atoms with E-state index in [0.29, 0.717) is 46.9 Å². The van der Waals surface area contributed by atoms with Gasteiger partial charge in [0.2, 0.25) is 5.89 Å². The summed E-state index contributed by atoms with van der Waals surface area (Å²) >= 11 is 0. The van der Waals surface area contributed by atoms with Gasteiger partial charge in [-0.05, 0) is 42.3 Å². The number of aliphatic carboxylic acids is 1. The van der Waals surface area contributed by atoms with Gasteiger partial charge in [0.25, 0.3) is 11.8 Å². The molecule has 0 aliphatic rings. The van der Waals surface area contributed by atoms with Crippen LogP contribution in [0.25, 0.3) is 11.5 Å². The third kappa shape index (κ3) is 8.20.